The van der Waals surface area contributed by atoms with Gasteiger partial charge in [0.1, 0.15) is 0 Å². The first kappa shape index (κ1) is 20.9. The first-order valence-electron chi connectivity index (χ1n) is 8.69. The molecule has 8 heteroatoms. The summed E-state index contributed by atoms with van der Waals surface area (Å²) in [6, 6.07) is 5.44. The molecular formula is C19H23ClN2O5. The van der Waals surface area contributed by atoms with Gasteiger partial charge in [-0.3, -0.25) is 9.59 Å². The van der Waals surface area contributed by atoms with Crippen molar-refractivity contribution < 1.29 is 24.2 Å². The maximum atomic E-state index is 12.6. The number of carboxylic acid groups (broad SMARTS) is 1. The number of benzene rings is 1. The monoisotopic (exact) mass is 394 g/mol. The Morgan fingerprint density at radius 2 is 2.07 bits per heavy atom. The Hall–Kier alpha value is -2.38. The average Bonchev–Trinajstić information content (AvgIpc) is 2.67. The molecule has 1 aliphatic rings. The molecule has 0 aromatic heterocycles. The van der Waals surface area contributed by atoms with Gasteiger partial charge in [-0.05, 0) is 37.1 Å². The van der Waals surface area contributed by atoms with Gasteiger partial charge in [0.2, 0.25) is 5.91 Å². The highest BCUT2D eigenvalue weighted by Crippen LogP contribution is 2.20. The lowest BCUT2D eigenvalue weighted by molar-refractivity contribution is -0.144. The summed E-state index contributed by atoms with van der Waals surface area (Å²) in [5.74, 6) is -2.19. The number of aliphatic carboxylic acids is 1. The number of piperidine rings is 1. The van der Waals surface area contributed by atoms with Crippen molar-refractivity contribution in [2.45, 2.75) is 18.9 Å². The maximum absolute atomic E-state index is 12.6. The fourth-order valence-corrected chi connectivity index (χ4v) is 3.01. The second-order valence-electron chi connectivity index (χ2n) is 6.32. The third-order valence-corrected chi connectivity index (χ3v) is 4.56. The van der Waals surface area contributed by atoms with Gasteiger partial charge >= 0.3 is 5.97 Å². The van der Waals surface area contributed by atoms with E-state index in [-0.39, 0.29) is 25.7 Å². The van der Waals surface area contributed by atoms with Gasteiger partial charge in [-0.25, -0.2) is 4.79 Å². The number of carbonyl (C=O) groups is 3. The number of ether oxygens (including phenoxy) is 1. The van der Waals surface area contributed by atoms with E-state index in [9.17, 15) is 19.5 Å². The highest BCUT2D eigenvalue weighted by Gasteiger charge is 2.31. The second kappa shape index (κ2) is 10.1. The third-order valence-electron chi connectivity index (χ3n) is 4.31. The van der Waals surface area contributed by atoms with Crippen LogP contribution in [-0.2, 0) is 14.3 Å². The molecule has 0 aliphatic carbocycles. The summed E-state index contributed by atoms with van der Waals surface area (Å²) in [4.78, 5) is 38.0. The zero-order chi connectivity index (χ0) is 19.8. The van der Waals surface area contributed by atoms with Crippen LogP contribution in [-0.4, -0.2) is 60.1 Å². The topological polar surface area (TPSA) is 95.9 Å². The Labute approximate surface area is 162 Å². The van der Waals surface area contributed by atoms with E-state index in [1.807, 2.05) is 0 Å². The van der Waals surface area contributed by atoms with Crippen LogP contribution in [0, 0.1) is 5.92 Å². The number of carbonyl (C=O) groups excluding carboxylic acids is 2. The molecule has 1 aliphatic heterocycles. The molecule has 2 unspecified atom stereocenters. The summed E-state index contributed by atoms with van der Waals surface area (Å²) in [6.45, 7) is 4.34. The molecule has 146 valence electrons. The first-order chi connectivity index (χ1) is 12.9. The lowest BCUT2D eigenvalue weighted by Gasteiger charge is -2.32. The minimum atomic E-state index is -1.17. The smallest absolute Gasteiger partial charge is 0.328 e. The molecule has 0 radical (unpaired) electrons. The van der Waals surface area contributed by atoms with Crippen LogP contribution < -0.4 is 5.32 Å². The van der Waals surface area contributed by atoms with E-state index in [4.69, 9.17) is 16.3 Å². The molecule has 0 spiro atoms. The van der Waals surface area contributed by atoms with Crippen LogP contribution in [0.25, 0.3) is 0 Å². The van der Waals surface area contributed by atoms with Crippen LogP contribution in [0.2, 0.25) is 5.02 Å². The molecular weight excluding hydrogens is 372 g/mol. The van der Waals surface area contributed by atoms with E-state index >= 15 is 0 Å². The van der Waals surface area contributed by atoms with Gasteiger partial charge in [-0.15, -0.1) is 6.58 Å². The predicted molar refractivity (Wildman–Crippen MR) is 101 cm³/mol. The number of likely N-dealkylation sites (tertiary alicyclic amines) is 1. The van der Waals surface area contributed by atoms with Gasteiger partial charge in [0.15, 0.2) is 6.04 Å². The first-order valence-corrected chi connectivity index (χ1v) is 9.06. The van der Waals surface area contributed by atoms with Gasteiger partial charge in [0.05, 0.1) is 19.1 Å². The van der Waals surface area contributed by atoms with Crippen LogP contribution in [0.1, 0.15) is 23.2 Å². The van der Waals surface area contributed by atoms with Gasteiger partial charge in [-0.2, -0.15) is 0 Å². The summed E-state index contributed by atoms with van der Waals surface area (Å²) in [6.07, 6.45) is 2.76. The van der Waals surface area contributed by atoms with Crippen molar-refractivity contribution in [1.29, 1.82) is 0 Å². The second-order valence-corrected chi connectivity index (χ2v) is 6.76. The number of hydrogen-bond donors (Lipinski definition) is 2. The number of hydrogen-bond acceptors (Lipinski definition) is 4. The molecule has 27 heavy (non-hydrogen) atoms. The van der Waals surface area contributed by atoms with Gasteiger partial charge in [-0.1, -0.05) is 17.7 Å². The van der Waals surface area contributed by atoms with Crippen molar-refractivity contribution in [2.24, 2.45) is 5.92 Å². The summed E-state index contributed by atoms with van der Waals surface area (Å²) in [5, 5.41) is 12.3. The zero-order valence-electron chi connectivity index (χ0n) is 14.9. The van der Waals surface area contributed by atoms with Gasteiger partial charge < -0.3 is 20.1 Å². The fraction of sp³-hybridized carbons (Fsp3) is 0.421. The van der Waals surface area contributed by atoms with Crippen LogP contribution in [0.3, 0.4) is 0 Å². The van der Waals surface area contributed by atoms with Crippen LogP contribution in [0.5, 0.6) is 0 Å². The predicted octanol–water partition coefficient (Wildman–Crippen LogP) is 1.96. The summed E-state index contributed by atoms with van der Waals surface area (Å²) in [5.41, 5.74) is 0.502. The number of nitrogens with one attached hydrogen (secondary N) is 1. The Balaban J connectivity index is 1.96. The van der Waals surface area contributed by atoms with Crippen molar-refractivity contribution in [3.8, 4) is 0 Å². The molecule has 1 aromatic rings. The highest BCUT2D eigenvalue weighted by molar-refractivity contribution is 6.30. The van der Waals surface area contributed by atoms with Crippen molar-refractivity contribution in [3.05, 3.63) is 47.5 Å². The number of nitrogens with zero attached hydrogens (tertiary/aromatic N) is 1. The normalized spacial score (nSPS) is 17.8. The van der Waals surface area contributed by atoms with Crippen molar-refractivity contribution in [3.63, 3.8) is 0 Å². The molecule has 0 saturated carbocycles. The molecule has 0 bridgehead atoms. The van der Waals surface area contributed by atoms with E-state index in [0.29, 0.717) is 30.0 Å². The zero-order valence-corrected chi connectivity index (χ0v) is 15.7. The molecule has 1 saturated heterocycles. The minimum Gasteiger partial charge on any atom is -0.480 e. The lowest BCUT2D eigenvalue weighted by atomic mass is 9.96. The van der Waals surface area contributed by atoms with E-state index in [1.165, 1.54) is 6.08 Å². The number of halogens is 1. The quantitative estimate of drug-likeness (QED) is 0.519. The molecule has 2 rings (SSSR count). The van der Waals surface area contributed by atoms with Crippen LogP contribution >= 0.6 is 11.6 Å². The summed E-state index contributed by atoms with van der Waals surface area (Å²) >= 11 is 5.84. The van der Waals surface area contributed by atoms with E-state index < -0.39 is 23.8 Å². The summed E-state index contributed by atoms with van der Waals surface area (Å²) < 4.78 is 5.13. The van der Waals surface area contributed by atoms with E-state index in [0.717, 1.165) is 0 Å². The molecule has 2 amide bonds. The van der Waals surface area contributed by atoms with Gasteiger partial charge in [0, 0.05) is 23.7 Å². The Morgan fingerprint density at radius 1 is 1.37 bits per heavy atom. The largest absolute Gasteiger partial charge is 0.480 e. The standard InChI is InChI=1S/C19H23ClN2O5/c1-2-10-27-12-16(19(25)26)21-17(23)14-4-3-9-22(11-14)18(24)13-5-7-15(20)8-6-13/h2,5-8,14,16H,1,3-4,9-12H2,(H,21,23)(H,25,26). The minimum absolute atomic E-state index is 0.146. The van der Waals surface area contributed by atoms with Crippen LogP contribution in [0.15, 0.2) is 36.9 Å². The summed E-state index contributed by atoms with van der Waals surface area (Å²) in [7, 11) is 0. The Kier molecular flexibility index (Phi) is 7.82. The van der Waals surface area contributed by atoms with Crippen molar-refractivity contribution in [2.75, 3.05) is 26.3 Å². The SMILES string of the molecule is C=CCOCC(NC(=O)C1CCCN(C(=O)c2ccc(Cl)cc2)C1)C(=O)O. The molecule has 2 atom stereocenters. The number of amides is 2. The average molecular weight is 395 g/mol. The molecule has 1 heterocycles. The van der Waals surface area contributed by atoms with E-state index in [1.54, 1.807) is 29.2 Å². The Morgan fingerprint density at radius 3 is 2.70 bits per heavy atom. The van der Waals surface area contributed by atoms with E-state index in [2.05, 4.69) is 11.9 Å². The molecule has 2 N–H and O–H groups in total. The fourth-order valence-electron chi connectivity index (χ4n) is 2.88. The lowest BCUT2D eigenvalue weighted by Crippen LogP contribution is -2.50. The highest BCUT2D eigenvalue weighted by atomic mass is 35.5. The Bertz CT molecular complexity index is 692. The molecule has 7 nitrogen and oxygen atoms in total. The molecule has 1 fully saturated rings. The van der Waals surface area contributed by atoms with Crippen LogP contribution in [0.4, 0.5) is 0 Å². The van der Waals surface area contributed by atoms with Crippen molar-refractivity contribution >= 4 is 29.4 Å². The van der Waals surface area contributed by atoms with Crippen molar-refractivity contribution in [1.82, 2.24) is 10.2 Å². The maximum Gasteiger partial charge on any atom is 0.328 e. The third kappa shape index (κ3) is 6.08. The number of rotatable bonds is 8. The van der Waals surface area contributed by atoms with Gasteiger partial charge in [0.25, 0.3) is 5.91 Å². The molecule has 1 aromatic carbocycles. The number of carboxylic acids is 1.